The molecule has 2 aliphatic rings. The third-order valence-corrected chi connectivity index (χ3v) is 4.23. The monoisotopic (exact) mass is 270 g/mol. The normalized spacial score (nSPS) is 28.8. The van der Waals surface area contributed by atoms with E-state index in [2.05, 4.69) is 0 Å². The molecule has 1 aliphatic carbocycles. The van der Waals surface area contributed by atoms with E-state index >= 15 is 0 Å². The molecule has 2 atom stereocenters. The molecule has 0 aromatic carbocycles. The maximum Gasteiger partial charge on any atom is 0.309 e. The molecule has 0 aromatic rings. The van der Waals surface area contributed by atoms with Gasteiger partial charge in [0.25, 0.3) is 0 Å². The van der Waals surface area contributed by atoms with Crippen LogP contribution in [0.15, 0.2) is 0 Å². The highest BCUT2D eigenvalue weighted by molar-refractivity contribution is 5.87. The molecule has 1 amide bonds. The van der Waals surface area contributed by atoms with Crippen LogP contribution in [-0.4, -0.2) is 52.6 Å². The van der Waals surface area contributed by atoms with E-state index < -0.39 is 29.2 Å². The average molecular weight is 270 g/mol. The molecule has 0 radical (unpaired) electrons. The summed E-state index contributed by atoms with van der Waals surface area (Å²) in [7, 11) is 0. The fourth-order valence-corrected chi connectivity index (χ4v) is 2.67. The molecule has 2 fully saturated rings. The van der Waals surface area contributed by atoms with Crippen LogP contribution in [0.25, 0.3) is 0 Å². The summed E-state index contributed by atoms with van der Waals surface area (Å²) >= 11 is 0. The lowest BCUT2D eigenvalue weighted by atomic mass is 9.85. The number of carboxylic acid groups (broad SMARTS) is 2. The maximum atomic E-state index is 12.3. The minimum absolute atomic E-state index is 0.0348. The zero-order valence-electron chi connectivity index (χ0n) is 10.5. The van der Waals surface area contributed by atoms with Crippen LogP contribution in [0.2, 0.25) is 0 Å². The highest BCUT2D eigenvalue weighted by Crippen LogP contribution is 2.46. The van der Waals surface area contributed by atoms with Crippen molar-refractivity contribution in [2.75, 3.05) is 19.6 Å². The summed E-state index contributed by atoms with van der Waals surface area (Å²) in [5, 5.41) is 18.1. The molecule has 7 nitrogen and oxygen atoms in total. The fourth-order valence-electron chi connectivity index (χ4n) is 2.67. The van der Waals surface area contributed by atoms with E-state index in [-0.39, 0.29) is 25.4 Å². The molecule has 0 spiro atoms. The summed E-state index contributed by atoms with van der Waals surface area (Å²) in [6.07, 6.45) is 1.65. The van der Waals surface area contributed by atoms with Gasteiger partial charge < -0.3 is 20.8 Å². The van der Waals surface area contributed by atoms with Crippen LogP contribution >= 0.6 is 0 Å². The van der Waals surface area contributed by atoms with Crippen LogP contribution in [0.1, 0.15) is 19.3 Å². The molecule has 7 heteroatoms. The number of hydrogen-bond acceptors (Lipinski definition) is 4. The van der Waals surface area contributed by atoms with Crippen LogP contribution in [0.3, 0.4) is 0 Å². The van der Waals surface area contributed by atoms with Gasteiger partial charge in [-0.3, -0.25) is 14.4 Å². The Balaban J connectivity index is 2.09. The predicted octanol–water partition coefficient (Wildman–Crippen LogP) is -0.641. The lowest BCUT2D eigenvalue weighted by Crippen LogP contribution is -2.51. The molecule has 1 aliphatic heterocycles. The van der Waals surface area contributed by atoms with Crippen molar-refractivity contribution in [3.63, 3.8) is 0 Å². The van der Waals surface area contributed by atoms with E-state index in [1.165, 1.54) is 4.90 Å². The minimum Gasteiger partial charge on any atom is -0.481 e. The van der Waals surface area contributed by atoms with Crippen molar-refractivity contribution in [3.8, 4) is 0 Å². The molecule has 0 bridgehead atoms. The Morgan fingerprint density at radius 3 is 2.16 bits per heavy atom. The summed E-state index contributed by atoms with van der Waals surface area (Å²) < 4.78 is 0. The van der Waals surface area contributed by atoms with Gasteiger partial charge in [-0.2, -0.15) is 0 Å². The van der Waals surface area contributed by atoms with Crippen molar-refractivity contribution < 1.29 is 24.6 Å². The van der Waals surface area contributed by atoms with Gasteiger partial charge in [0.1, 0.15) is 0 Å². The molecule has 0 aromatic heterocycles. The third-order valence-electron chi connectivity index (χ3n) is 4.23. The van der Waals surface area contributed by atoms with Crippen LogP contribution in [-0.2, 0) is 14.4 Å². The molecule has 1 saturated heterocycles. The van der Waals surface area contributed by atoms with Crippen LogP contribution in [0.5, 0.6) is 0 Å². The van der Waals surface area contributed by atoms with Crippen LogP contribution < -0.4 is 5.73 Å². The van der Waals surface area contributed by atoms with Crippen molar-refractivity contribution >= 4 is 17.8 Å². The maximum absolute atomic E-state index is 12.3. The standard InChI is InChI=1S/C12H18N2O5/c13-6-12(2-3-12)11(19)14-4-1-7(9(15)16)8(5-14)10(17)18/h7-8H,1-6,13H2,(H,15,16)(H,17,18). The molecule has 1 heterocycles. The average Bonchev–Trinajstić information content (AvgIpc) is 3.18. The Kier molecular flexibility index (Phi) is 3.49. The second-order valence-corrected chi connectivity index (χ2v) is 5.41. The Morgan fingerprint density at radius 1 is 1.16 bits per heavy atom. The second kappa shape index (κ2) is 4.80. The lowest BCUT2D eigenvalue weighted by Gasteiger charge is -2.36. The van der Waals surface area contributed by atoms with Crippen LogP contribution in [0, 0.1) is 17.3 Å². The number of hydrogen-bond donors (Lipinski definition) is 3. The molecule has 106 valence electrons. The molecule has 1 saturated carbocycles. The minimum atomic E-state index is -1.16. The van der Waals surface area contributed by atoms with Crippen molar-refractivity contribution in [2.24, 2.45) is 23.0 Å². The number of likely N-dealkylation sites (tertiary alicyclic amines) is 1. The van der Waals surface area contributed by atoms with Gasteiger partial charge in [0.05, 0.1) is 17.3 Å². The number of amides is 1. The van der Waals surface area contributed by atoms with Gasteiger partial charge in [0.15, 0.2) is 0 Å². The van der Waals surface area contributed by atoms with E-state index in [0.717, 1.165) is 12.8 Å². The number of nitrogens with two attached hydrogens (primary N) is 1. The summed E-state index contributed by atoms with van der Waals surface area (Å²) in [5.74, 6) is -4.36. The second-order valence-electron chi connectivity index (χ2n) is 5.41. The number of carboxylic acids is 2. The van der Waals surface area contributed by atoms with Crippen LogP contribution in [0.4, 0.5) is 0 Å². The number of carbonyl (C=O) groups is 3. The largest absolute Gasteiger partial charge is 0.481 e. The zero-order valence-corrected chi connectivity index (χ0v) is 10.5. The van der Waals surface area contributed by atoms with E-state index in [0.29, 0.717) is 6.54 Å². The first-order valence-electron chi connectivity index (χ1n) is 6.36. The molecule has 2 unspecified atom stereocenters. The third kappa shape index (κ3) is 2.42. The van der Waals surface area contributed by atoms with Gasteiger partial charge in [-0.25, -0.2) is 0 Å². The number of nitrogens with zero attached hydrogens (tertiary/aromatic N) is 1. The fraction of sp³-hybridized carbons (Fsp3) is 0.750. The first kappa shape index (κ1) is 13.8. The van der Waals surface area contributed by atoms with E-state index in [9.17, 15) is 14.4 Å². The molecule has 4 N–H and O–H groups in total. The highest BCUT2D eigenvalue weighted by Gasteiger charge is 2.52. The summed E-state index contributed by atoms with van der Waals surface area (Å²) in [6, 6.07) is 0. The SMILES string of the molecule is NCC1(C(=O)N2CCC(C(=O)O)C(C(=O)O)C2)CC1. The van der Waals surface area contributed by atoms with Gasteiger partial charge in [-0.05, 0) is 19.3 Å². The number of rotatable bonds is 4. The van der Waals surface area contributed by atoms with Crippen molar-refractivity contribution in [1.82, 2.24) is 4.90 Å². The van der Waals surface area contributed by atoms with Crippen molar-refractivity contribution in [3.05, 3.63) is 0 Å². The van der Waals surface area contributed by atoms with E-state index in [1.54, 1.807) is 0 Å². The predicted molar refractivity (Wildman–Crippen MR) is 64.2 cm³/mol. The van der Waals surface area contributed by atoms with E-state index in [4.69, 9.17) is 15.9 Å². The Hall–Kier alpha value is -1.63. The summed E-state index contributed by atoms with van der Waals surface area (Å²) in [4.78, 5) is 35.9. The van der Waals surface area contributed by atoms with Gasteiger partial charge in [0.2, 0.25) is 5.91 Å². The van der Waals surface area contributed by atoms with E-state index in [1.807, 2.05) is 0 Å². The van der Waals surface area contributed by atoms with Crippen molar-refractivity contribution in [2.45, 2.75) is 19.3 Å². The zero-order chi connectivity index (χ0) is 14.2. The molecular weight excluding hydrogens is 252 g/mol. The topological polar surface area (TPSA) is 121 Å². The first-order valence-corrected chi connectivity index (χ1v) is 6.36. The number of carbonyl (C=O) groups excluding carboxylic acids is 1. The first-order chi connectivity index (χ1) is 8.91. The Labute approximate surface area is 110 Å². The lowest BCUT2D eigenvalue weighted by molar-refractivity contribution is -0.160. The quantitative estimate of drug-likeness (QED) is 0.624. The summed E-state index contributed by atoms with van der Waals surface area (Å²) in [5.41, 5.74) is 5.07. The summed E-state index contributed by atoms with van der Waals surface area (Å²) in [6.45, 7) is 0.524. The molecule has 2 rings (SSSR count). The van der Waals surface area contributed by atoms with Gasteiger partial charge in [-0.15, -0.1) is 0 Å². The van der Waals surface area contributed by atoms with Gasteiger partial charge in [0, 0.05) is 19.6 Å². The Bertz CT molecular complexity index is 418. The molecular formula is C12H18N2O5. The van der Waals surface area contributed by atoms with Gasteiger partial charge >= 0.3 is 11.9 Å². The number of piperidine rings is 1. The smallest absolute Gasteiger partial charge is 0.309 e. The van der Waals surface area contributed by atoms with Gasteiger partial charge in [-0.1, -0.05) is 0 Å². The number of aliphatic carboxylic acids is 2. The molecule has 19 heavy (non-hydrogen) atoms. The van der Waals surface area contributed by atoms with Crippen molar-refractivity contribution in [1.29, 1.82) is 0 Å². The highest BCUT2D eigenvalue weighted by atomic mass is 16.4. The Morgan fingerprint density at radius 2 is 1.74 bits per heavy atom.